The minimum Gasteiger partial charge on any atom is -0.361 e. The Morgan fingerprint density at radius 2 is 1.82 bits per heavy atom. The van der Waals surface area contributed by atoms with Crippen LogP contribution in [0, 0.1) is 0 Å². The fourth-order valence-corrected chi connectivity index (χ4v) is 4.56. The molecule has 3 N–H and O–H groups in total. The van der Waals surface area contributed by atoms with Gasteiger partial charge in [0.25, 0.3) is 5.91 Å². The summed E-state index contributed by atoms with van der Waals surface area (Å²) in [4.78, 5) is 56.7. The van der Waals surface area contributed by atoms with Crippen LogP contribution in [0.25, 0.3) is 10.9 Å². The number of carbonyl (C=O) groups excluding carboxylic acids is 4. The van der Waals surface area contributed by atoms with E-state index in [1.54, 1.807) is 31.2 Å². The van der Waals surface area contributed by atoms with Crippen LogP contribution in [0.4, 0.5) is 16.2 Å². The lowest BCUT2D eigenvalue weighted by Crippen LogP contribution is -2.47. The number of aromatic amines is 1. The van der Waals surface area contributed by atoms with Gasteiger partial charge >= 0.3 is 6.03 Å². The highest BCUT2D eigenvalue weighted by atomic mass is 16.2. The highest BCUT2D eigenvalue weighted by Crippen LogP contribution is 2.31. The number of anilines is 2. The second kappa shape index (κ2) is 8.09. The van der Waals surface area contributed by atoms with Gasteiger partial charge in [0.2, 0.25) is 11.8 Å². The molecule has 2 aliphatic rings. The van der Waals surface area contributed by atoms with Crippen LogP contribution in [-0.4, -0.2) is 52.3 Å². The number of nitrogens with zero attached hydrogens (tertiary/aromatic N) is 2. The van der Waals surface area contributed by atoms with Gasteiger partial charge in [-0.2, -0.15) is 0 Å². The SMILES string of the molecule is C[C@H]1CC(=O)Nc2ccccc2N1C(=O)CN1C(=O)N[C@H](Cc2c[nH]c3ccccc23)C1=O. The summed E-state index contributed by atoms with van der Waals surface area (Å²) < 4.78 is 0. The van der Waals surface area contributed by atoms with Gasteiger partial charge in [0, 0.05) is 36.0 Å². The standard InChI is InChI=1S/C24H23N5O4/c1-14-10-21(30)26-18-8-4-5-9-20(18)29(14)22(31)13-28-23(32)19(27-24(28)33)11-15-12-25-17-7-3-2-6-16(15)17/h2-9,12,14,19,25H,10-11,13H2,1H3,(H,26,30)(H,27,33)/t14-,19+/m0/s1. The smallest absolute Gasteiger partial charge is 0.325 e. The molecule has 0 unspecified atom stereocenters. The van der Waals surface area contributed by atoms with E-state index in [4.69, 9.17) is 0 Å². The molecule has 33 heavy (non-hydrogen) atoms. The van der Waals surface area contributed by atoms with E-state index < -0.39 is 36.5 Å². The zero-order valence-corrected chi connectivity index (χ0v) is 18.0. The number of hydrogen-bond acceptors (Lipinski definition) is 4. The normalized spacial score (nSPS) is 20.5. The number of carbonyl (C=O) groups is 4. The third-order valence-electron chi connectivity index (χ3n) is 6.13. The first kappa shape index (κ1) is 20.7. The molecule has 1 saturated heterocycles. The Morgan fingerprint density at radius 3 is 2.67 bits per heavy atom. The zero-order chi connectivity index (χ0) is 23.1. The number of benzene rings is 2. The third kappa shape index (κ3) is 3.71. The summed E-state index contributed by atoms with van der Waals surface area (Å²) in [5.74, 6) is -1.06. The van der Waals surface area contributed by atoms with Crippen LogP contribution in [0.2, 0.25) is 0 Å². The van der Waals surface area contributed by atoms with Crippen molar-refractivity contribution in [3.63, 3.8) is 0 Å². The maximum absolute atomic E-state index is 13.3. The number of amides is 5. The van der Waals surface area contributed by atoms with Crippen molar-refractivity contribution in [2.24, 2.45) is 0 Å². The van der Waals surface area contributed by atoms with Gasteiger partial charge in [0.15, 0.2) is 0 Å². The van der Waals surface area contributed by atoms with E-state index in [9.17, 15) is 19.2 Å². The molecule has 168 valence electrons. The molecule has 3 aromatic rings. The average molecular weight is 445 g/mol. The summed E-state index contributed by atoms with van der Waals surface area (Å²) in [6.07, 6.45) is 2.27. The number of imide groups is 1. The van der Waals surface area contributed by atoms with Crippen molar-refractivity contribution in [1.82, 2.24) is 15.2 Å². The number of urea groups is 1. The molecule has 2 atom stereocenters. The van der Waals surface area contributed by atoms with Gasteiger partial charge in [-0.1, -0.05) is 30.3 Å². The van der Waals surface area contributed by atoms with Crippen LogP contribution in [0.1, 0.15) is 18.9 Å². The van der Waals surface area contributed by atoms with Crippen molar-refractivity contribution in [3.8, 4) is 0 Å². The maximum atomic E-state index is 13.3. The van der Waals surface area contributed by atoms with Crippen molar-refractivity contribution in [2.75, 3.05) is 16.8 Å². The Kier molecular flexibility index (Phi) is 5.08. The van der Waals surface area contributed by atoms with Crippen LogP contribution in [0.3, 0.4) is 0 Å². The lowest BCUT2D eigenvalue weighted by Gasteiger charge is -2.29. The largest absolute Gasteiger partial charge is 0.361 e. The Balaban J connectivity index is 1.35. The Hall–Kier alpha value is -4.14. The number of aromatic nitrogens is 1. The molecule has 1 aromatic heterocycles. The summed E-state index contributed by atoms with van der Waals surface area (Å²) in [6.45, 7) is 1.37. The fourth-order valence-electron chi connectivity index (χ4n) is 4.56. The van der Waals surface area contributed by atoms with E-state index in [1.165, 1.54) is 4.90 Å². The average Bonchev–Trinajstić information content (AvgIpc) is 3.26. The van der Waals surface area contributed by atoms with Crippen molar-refractivity contribution < 1.29 is 19.2 Å². The molecule has 9 heteroatoms. The Labute approximate surface area is 189 Å². The van der Waals surface area contributed by atoms with Gasteiger partial charge < -0.3 is 20.5 Å². The minimum atomic E-state index is -0.749. The summed E-state index contributed by atoms with van der Waals surface area (Å²) in [5.41, 5.74) is 2.93. The fraction of sp³-hybridized carbons (Fsp3) is 0.250. The van der Waals surface area contributed by atoms with E-state index in [2.05, 4.69) is 15.6 Å². The molecule has 5 rings (SSSR count). The quantitative estimate of drug-likeness (QED) is 0.535. The molecule has 0 spiro atoms. The second-order valence-electron chi connectivity index (χ2n) is 8.37. The predicted molar refractivity (Wildman–Crippen MR) is 123 cm³/mol. The van der Waals surface area contributed by atoms with Gasteiger partial charge in [-0.15, -0.1) is 0 Å². The minimum absolute atomic E-state index is 0.115. The molecule has 0 bridgehead atoms. The first-order chi connectivity index (χ1) is 15.9. The molecule has 3 heterocycles. The highest BCUT2D eigenvalue weighted by molar-refractivity contribution is 6.10. The summed E-state index contributed by atoms with van der Waals surface area (Å²) in [6, 6.07) is 13.0. The molecule has 5 amide bonds. The lowest BCUT2D eigenvalue weighted by molar-refractivity contribution is -0.131. The monoisotopic (exact) mass is 445 g/mol. The molecular formula is C24H23N5O4. The molecule has 2 aliphatic heterocycles. The van der Waals surface area contributed by atoms with Crippen molar-refractivity contribution >= 4 is 46.0 Å². The number of hydrogen-bond donors (Lipinski definition) is 3. The summed E-state index contributed by atoms with van der Waals surface area (Å²) in [5, 5.41) is 6.49. The molecule has 9 nitrogen and oxygen atoms in total. The summed E-state index contributed by atoms with van der Waals surface area (Å²) >= 11 is 0. The van der Waals surface area contributed by atoms with E-state index in [0.717, 1.165) is 21.4 Å². The van der Waals surface area contributed by atoms with Crippen molar-refractivity contribution in [1.29, 1.82) is 0 Å². The number of rotatable bonds is 4. The second-order valence-corrected chi connectivity index (χ2v) is 8.37. The van der Waals surface area contributed by atoms with Crippen LogP contribution in [-0.2, 0) is 20.8 Å². The van der Waals surface area contributed by atoms with E-state index >= 15 is 0 Å². The van der Waals surface area contributed by atoms with E-state index in [1.807, 2.05) is 30.5 Å². The Bertz CT molecular complexity index is 1280. The molecule has 0 aliphatic carbocycles. The van der Waals surface area contributed by atoms with E-state index in [0.29, 0.717) is 17.8 Å². The number of nitrogens with one attached hydrogen (secondary N) is 3. The van der Waals surface area contributed by atoms with Crippen LogP contribution >= 0.6 is 0 Å². The van der Waals surface area contributed by atoms with Gasteiger partial charge in [-0.25, -0.2) is 4.79 Å². The first-order valence-electron chi connectivity index (χ1n) is 10.8. The van der Waals surface area contributed by atoms with Gasteiger partial charge in [-0.3, -0.25) is 19.3 Å². The molecule has 0 radical (unpaired) electrons. The van der Waals surface area contributed by atoms with Gasteiger partial charge in [0.1, 0.15) is 12.6 Å². The zero-order valence-electron chi connectivity index (χ0n) is 18.0. The molecule has 0 saturated carbocycles. The summed E-state index contributed by atoms with van der Waals surface area (Å²) in [7, 11) is 0. The highest BCUT2D eigenvalue weighted by Gasteiger charge is 2.41. The molecule has 1 fully saturated rings. The topological polar surface area (TPSA) is 115 Å². The van der Waals surface area contributed by atoms with Gasteiger partial charge in [0.05, 0.1) is 11.4 Å². The lowest BCUT2D eigenvalue weighted by atomic mass is 10.1. The number of fused-ring (bicyclic) bond motifs is 2. The third-order valence-corrected chi connectivity index (χ3v) is 6.13. The molecular weight excluding hydrogens is 422 g/mol. The first-order valence-corrected chi connectivity index (χ1v) is 10.8. The number of H-pyrrole nitrogens is 1. The molecule has 2 aromatic carbocycles. The van der Waals surface area contributed by atoms with Crippen LogP contribution in [0.5, 0.6) is 0 Å². The van der Waals surface area contributed by atoms with Crippen LogP contribution in [0.15, 0.2) is 54.7 Å². The van der Waals surface area contributed by atoms with Crippen LogP contribution < -0.4 is 15.5 Å². The van der Waals surface area contributed by atoms with Crippen molar-refractivity contribution in [3.05, 3.63) is 60.3 Å². The maximum Gasteiger partial charge on any atom is 0.325 e. The predicted octanol–water partition coefficient (Wildman–Crippen LogP) is 2.39. The number of para-hydroxylation sites is 3. The van der Waals surface area contributed by atoms with E-state index in [-0.39, 0.29) is 12.3 Å². The van der Waals surface area contributed by atoms with Gasteiger partial charge in [-0.05, 0) is 30.7 Å². The Morgan fingerprint density at radius 1 is 1.06 bits per heavy atom. The van der Waals surface area contributed by atoms with Crippen molar-refractivity contribution in [2.45, 2.75) is 31.8 Å².